The Morgan fingerprint density at radius 2 is 1.79 bits per heavy atom. The summed E-state index contributed by atoms with van der Waals surface area (Å²) in [4.78, 5) is 23.1. The zero-order chi connectivity index (χ0) is 14.3. The summed E-state index contributed by atoms with van der Waals surface area (Å²) in [6.45, 7) is 6.38. The number of nitrogens with one attached hydrogen (secondary N) is 2. The summed E-state index contributed by atoms with van der Waals surface area (Å²) >= 11 is 0. The van der Waals surface area contributed by atoms with Gasteiger partial charge in [-0.25, -0.2) is 0 Å². The fourth-order valence-electron chi connectivity index (χ4n) is 1.54. The van der Waals surface area contributed by atoms with Crippen molar-refractivity contribution in [2.24, 2.45) is 0 Å². The lowest BCUT2D eigenvalue weighted by molar-refractivity contribution is -0.129. The molecule has 0 bridgehead atoms. The summed E-state index contributed by atoms with van der Waals surface area (Å²) in [6.07, 6.45) is 0.743. The van der Waals surface area contributed by atoms with Crippen LogP contribution in [0.1, 0.15) is 37.8 Å². The van der Waals surface area contributed by atoms with Crippen LogP contribution in [0.4, 0.5) is 0 Å². The van der Waals surface area contributed by atoms with Crippen molar-refractivity contribution in [3.05, 3.63) is 35.4 Å². The second-order valence-corrected chi connectivity index (χ2v) is 4.82. The first kappa shape index (κ1) is 15.2. The van der Waals surface area contributed by atoms with Gasteiger partial charge >= 0.3 is 0 Å². The minimum absolute atomic E-state index is 0.109. The highest BCUT2D eigenvalue weighted by Crippen LogP contribution is 2.02. The van der Waals surface area contributed by atoms with Gasteiger partial charge in [0, 0.05) is 12.6 Å². The molecule has 0 fully saturated rings. The molecule has 0 spiro atoms. The number of hydrogen-bond donors (Lipinski definition) is 2. The van der Waals surface area contributed by atoms with Crippen molar-refractivity contribution in [1.82, 2.24) is 10.6 Å². The van der Waals surface area contributed by atoms with Crippen molar-refractivity contribution < 1.29 is 9.59 Å². The van der Waals surface area contributed by atoms with Gasteiger partial charge in [-0.3, -0.25) is 9.59 Å². The number of benzene rings is 1. The molecule has 0 aliphatic rings. The lowest BCUT2D eigenvalue weighted by atomic mass is 10.1. The molecular weight excluding hydrogens is 240 g/mol. The molecule has 0 saturated heterocycles. The minimum Gasteiger partial charge on any atom is -0.353 e. The fourth-order valence-corrected chi connectivity index (χ4v) is 1.54. The number of aryl methyl sites for hydroxylation is 1. The van der Waals surface area contributed by atoms with E-state index in [2.05, 4.69) is 10.6 Å². The van der Waals surface area contributed by atoms with Crippen LogP contribution in [-0.2, 0) is 16.1 Å². The Hall–Kier alpha value is -1.84. The van der Waals surface area contributed by atoms with Gasteiger partial charge in [0.15, 0.2) is 0 Å². The molecule has 1 aromatic carbocycles. The molecule has 0 aromatic heterocycles. The van der Waals surface area contributed by atoms with Crippen molar-refractivity contribution in [2.45, 2.75) is 46.2 Å². The third kappa shape index (κ3) is 6.04. The number of rotatable bonds is 6. The zero-order valence-corrected chi connectivity index (χ0v) is 11.8. The van der Waals surface area contributed by atoms with E-state index in [0.29, 0.717) is 6.54 Å². The van der Waals surface area contributed by atoms with Gasteiger partial charge in [0.25, 0.3) is 0 Å². The molecule has 1 aromatic rings. The molecule has 4 heteroatoms. The van der Waals surface area contributed by atoms with Crippen LogP contribution in [0.2, 0.25) is 0 Å². The van der Waals surface area contributed by atoms with E-state index in [1.54, 1.807) is 0 Å². The third-order valence-electron chi connectivity index (χ3n) is 2.95. The number of carbonyl (C=O) groups is 2. The van der Waals surface area contributed by atoms with Gasteiger partial charge in [-0.2, -0.15) is 0 Å². The third-order valence-corrected chi connectivity index (χ3v) is 2.95. The van der Waals surface area contributed by atoms with Gasteiger partial charge < -0.3 is 10.6 Å². The molecule has 0 aliphatic carbocycles. The lowest BCUT2D eigenvalue weighted by Crippen LogP contribution is -2.36. The monoisotopic (exact) mass is 262 g/mol. The number of carbonyl (C=O) groups excluding carboxylic acids is 2. The van der Waals surface area contributed by atoms with E-state index >= 15 is 0 Å². The fraction of sp³-hybridized carbons (Fsp3) is 0.467. The van der Waals surface area contributed by atoms with E-state index < -0.39 is 0 Å². The van der Waals surface area contributed by atoms with Gasteiger partial charge in [0.1, 0.15) is 6.42 Å². The maximum atomic E-state index is 11.6. The Balaban J connectivity index is 2.31. The van der Waals surface area contributed by atoms with Crippen molar-refractivity contribution in [2.75, 3.05) is 0 Å². The van der Waals surface area contributed by atoms with Crippen LogP contribution in [-0.4, -0.2) is 17.9 Å². The van der Waals surface area contributed by atoms with Gasteiger partial charge in [0.2, 0.25) is 11.8 Å². The summed E-state index contributed by atoms with van der Waals surface area (Å²) in [7, 11) is 0. The Morgan fingerprint density at radius 1 is 1.16 bits per heavy atom. The summed E-state index contributed by atoms with van der Waals surface area (Å²) in [5.74, 6) is -0.475. The molecule has 2 amide bonds. The Kier molecular flexibility index (Phi) is 6.06. The molecule has 0 saturated carbocycles. The highest BCUT2D eigenvalue weighted by Gasteiger charge is 2.10. The maximum Gasteiger partial charge on any atom is 0.229 e. The van der Waals surface area contributed by atoms with Crippen LogP contribution in [0, 0.1) is 6.92 Å². The van der Waals surface area contributed by atoms with E-state index in [-0.39, 0.29) is 24.3 Å². The zero-order valence-electron chi connectivity index (χ0n) is 11.8. The number of amides is 2. The minimum atomic E-state index is -0.249. The lowest BCUT2D eigenvalue weighted by Gasteiger charge is -2.11. The normalized spacial score (nSPS) is 11.7. The molecule has 2 N–H and O–H groups in total. The van der Waals surface area contributed by atoms with Crippen LogP contribution in [0.5, 0.6) is 0 Å². The van der Waals surface area contributed by atoms with Crippen molar-refractivity contribution >= 4 is 11.8 Å². The van der Waals surface area contributed by atoms with Gasteiger partial charge in [-0.15, -0.1) is 0 Å². The standard InChI is InChI=1S/C15H22N2O2/c1-4-12(3)17-15(19)9-14(18)16-10-13-7-5-11(2)6-8-13/h5-8,12H,4,9-10H2,1-3H3,(H,16,18)(H,17,19). The smallest absolute Gasteiger partial charge is 0.229 e. The first-order chi connectivity index (χ1) is 9.01. The van der Waals surface area contributed by atoms with Crippen LogP contribution in [0.15, 0.2) is 24.3 Å². The molecule has 1 atom stereocenters. The predicted molar refractivity (Wildman–Crippen MR) is 75.5 cm³/mol. The molecular formula is C15H22N2O2. The van der Waals surface area contributed by atoms with Crippen LogP contribution in [0.3, 0.4) is 0 Å². The van der Waals surface area contributed by atoms with E-state index in [1.807, 2.05) is 45.0 Å². The second-order valence-electron chi connectivity index (χ2n) is 4.82. The van der Waals surface area contributed by atoms with Crippen molar-refractivity contribution in [3.63, 3.8) is 0 Å². The summed E-state index contributed by atoms with van der Waals surface area (Å²) < 4.78 is 0. The first-order valence-electron chi connectivity index (χ1n) is 6.63. The van der Waals surface area contributed by atoms with Crippen LogP contribution in [0.25, 0.3) is 0 Å². The molecule has 19 heavy (non-hydrogen) atoms. The summed E-state index contributed by atoms with van der Waals surface area (Å²) in [5.41, 5.74) is 2.21. The molecule has 104 valence electrons. The SMILES string of the molecule is CCC(C)NC(=O)CC(=O)NCc1ccc(C)cc1. The summed E-state index contributed by atoms with van der Waals surface area (Å²) in [6, 6.07) is 8.04. The molecule has 0 radical (unpaired) electrons. The Morgan fingerprint density at radius 3 is 2.37 bits per heavy atom. The maximum absolute atomic E-state index is 11.6. The van der Waals surface area contributed by atoms with Crippen LogP contribution < -0.4 is 10.6 Å². The highest BCUT2D eigenvalue weighted by atomic mass is 16.2. The molecule has 4 nitrogen and oxygen atoms in total. The first-order valence-corrected chi connectivity index (χ1v) is 6.63. The molecule has 0 heterocycles. The van der Waals surface area contributed by atoms with Crippen molar-refractivity contribution in [1.29, 1.82) is 0 Å². The van der Waals surface area contributed by atoms with Crippen molar-refractivity contribution in [3.8, 4) is 0 Å². The van der Waals surface area contributed by atoms with E-state index in [9.17, 15) is 9.59 Å². The quantitative estimate of drug-likeness (QED) is 0.769. The second kappa shape index (κ2) is 7.56. The average Bonchev–Trinajstić information content (AvgIpc) is 2.37. The largest absolute Gasteiger partial charge is 0.353 e. The van der Waals surface area contributed by atoms with E-state index in [1.165, 1.54) is 5.56 Å². The van der Waals surface area contributed by atoms with Gasteiger partial charge in [-0.05, 0) is 25.8 Å². The predicted octanol–water partition coefficient (Wildman–Crippen LogP) is 1.92. The Labute approximate surface area is 114 Å². The van der Waals surface area contributed by atoms with Crippen LogP contribution >= 0.6 is 0 Å². The van der Waals surface area contributed by atoms with Gasteiger partial charge in [0.05, 0.1) is 0 Å². The topological polar surface area (TPSA) is 58.2 Å². The highest BCUT2D eigenvalue weighted by molar-refractivity contribution is 5.96. The molecule has 0 aliphatic heterocycles. The Bertz CT molecular complexity index is 426. The average molecular weight is 262 g/mol. The molecule has 1 unspecified atom stereocenters. The van der Waals surface area contributed by atoms with Gasteiger partial charge in [-0.1, -0.05) is 36.8 Å². The van der Waals surface area contributed by atoms with E-state index in [0.717, 1.165) is 12.0 Å². The molecule has 1 rings (SSSR count). The number of hydrogen-bond acceptors (Lipinski definition) is 2. The van der Waals surface area contributed by atoms with E-state index in [4.69, 9.17) is 0 Å². The summed E-state index contributed by atoms with van der Waals surface area (Å²) in [5, 5.41) is 5.51.